The maximum Gasteiger partial charge on any atom is 0.410 e. The van der Waals surface area contributed by atoms with Gasteiger partial charge in [0.05, 0.1) is 24.9 Å². The number of nitrogens with zero attached hydrogens (tertiary/aromatic N) is 2. The number of ether oxygens (including phenoxy) is 2. The van der Waals surface area contributed by atoms with Crippen molar-refractivity contribution in [2.24, 2.45) is 17.3 Å². The van der Waals surface area contributed by atoms with E-state index in [0.717, 1.165) is 48.8 Å². The van der Waals surface area contributed by atoms with Crippen molar-refractivity contribution in [1.29, 1.82) is 0 Å². The Labute approximate surface area is 322 Å². The Morgan fingerprint density at radius 3 is 2.53 bits per heavy atom. The van der Waals surface area contributed by atoms with E-state index < -0.39 is 74.8 Å². The number of carbonyl (C=O) groups excluding carboxylic acids is 5. The van der Waals surface area contributed by atoms with Gasteiger partial charge in [0.25, 0.3) is 5.91 Å². The standard InChI is InChI=1S/C40H53N5O9S/c1-4-28-20-40(28,36(48)43-55(51,52)30-16-17-30)42-34(46)32-19-29-22-45(32)35(47)33(26-12-6-5-7-13-26)41-37(49)53-24-39(2,3)18-9-8-11-25-14-10-15-27-21-44(23-31(25)27)38(50)54-29/h4,8,10-11,14-15,26,28-30,32-33H,1,5-7,9,12-13,16-24H2,2-3H3,(H,41,49)(H,42,46)(H,43,48)/t28-,29-,32+,33+,40-/m1/s1. The lowest BCUT2D eigenvalue weighted by atomic mass is 9.83. The zero-order valence-corrected chi connectivity index (χ0v) is 32.5. The van der Waals surface area contributed by atoms with Gasteiger partial charge in [-0.2, -0.15) is 0 Å². The van der Waals surface area contributed by atoms with Crippen LogP contribution >= 0.6 is 0 Å². The van der Waals surface area contributed by atoms with Crippen molar-refractivity contribution in [2.75, 3.05) is 13.2 Å². The summed E-state index contributed by atoms with van der Waals surface area (Å²) in [7, 11) is -3.91. The molecular weight excluding hydrogens is 727 g/mol. The number of allylic oxidation sites excluding steroid dienone is 1. The molecule has 7 rings (SSSR count). The predicted molar refractivity (Wildman–Crippen MR) is 202 cm³/mol. The maximum absolute atomic E-state index is 14.7. The van der Waals surface area contributed by atoms with E-state index in [1.807, 2.05) is 32.0 Å². The molecular formula is C40H53N5O9S. The van der Waals surface area contributed by atoms with Gasteiger partial charge >= 0.3 is 12.2 Å². The van der Waals surface area contributed by atoms with Crippen LogP contribution in [0.1, 0.15) is 101 Å². The second-order valence-electron chi connectivity index (χ2n) is 17.0. The third-order valence-electron chi connectivity index (χ3n) is 12.2. The average molecular weight is 780 g/mol. The van der Waals surface area contributed by atoms with Crippen LogP contribution in [0.25, 0.3) is 6.08 Å². The number of sulfonamides is 1. The van der Waals surface area contributed by atoms with Crippen molar-refractivity contribution >= 4 is 46.0 Å². The first-order chi connectivity index (χ1) is 26.2. The maximum atomic E-state index is 14.7. The van der Waals surface area contributed by atoms with Gasteiger partial charge in [-0.25, -0.2) is 18.0 Å². The molecule has 298 valence electrons. The van der Waals surface area contributed by atoms with E-state index in [-0.39, 0.29) is 37.3 Å². The van der Waals surface area contributed by atoms with Gasteiger partial charge in [-0.3, -0.25) is 24.0 Å². The molecule has 1 aromatic carbocycles. The highest BCUT2D eigenvalue weighted by Gasteiger charge is 2.62. The van der Waals surface area contributed by atoms with Crippen molar-refractivity contribution in [3.63, 3.8) is 0 Å². The molecule has 5 atom stereocenters. The Morgan fingerprint density at radius 2 is 1.82 bits per heavy atom. The van der Waals surface area contributed by atoms with E-state index in [1.165, 1.54) is 11.0 Å². The second kappa shape index (κ2) is 15.3. The summed E-state index contributed by atoms with van der Waals surface area (Å²) in [6.45, 7) is 8.52. The monoisotopic (exact) mass is 779 g/mol. The quantitative estimate of drug-likeness (QED) is 0.341. The fourth-order valence-electron chi connectivity index (χ4n) is 8.56. The zero-order valence-electron chi connectivity index (χ0n) is 31.7. The number of benzene rings is 1. The molecule has 14 nitrogen and oxygen atoms in total. The molecule has 3 heterocycles. The lowest BCUT2D eigenvalue weighted by Gasteiger charge is -2.35. The van der Waals surface area contributed by atoms with E-state index in [0.29, 0.717) is 38.8 Å². The number of rotatable bonds is 7. The smallest absolute Gasteiger partial charge is 0.410 e. The van der Waals surface area contributed by atoms with Crippen LogP contribution < -0.4 is 15.4 Å². The number of nitrogens with one attached hydrogen (secondary N) is 3. The first kappa shape index (κ1) is 38.9. The zero-order chi connectivity index (χ0) is 39.1. The minimum absolute atomic E-state index is 0.0645. The first-order valence-corrected chi connectivity index (χ1v) is 21.2. The highest BCUT2D eigenvalue weighted by atomic mass is 32.2. The topological polar surface area (TPSA) is 181 Å². The molecule has 6 aliphatic rings. The van der Waals surface area contributed by atoms with Crippen LogP contribution in [0.2, 0.25) is 0 Å². The van der Waals surface area contributed by atoms with Crippen molar-refractivity contribution in [3.05, 3.63) is 53.6 Å². The normalized spacial score (nSPS) is 30.1. The number of hydrogen-bond acceptors (Lipinski definition) is 9. The summed E-state index contributed by atoms with van der Waals surface area (Å²) in [5.74, 6) is -2.80. The molecule has 5 amide bonds. The molecule has 0 aromatic heterocycles. The highest BCUT2D eigenvalue weighted by Crippen LogP contribution is 2.45. The van der Waals surface area contributed by atoms with E-state index in [9.17, 15) is 32.4 Å². The predicted octanol–water partition coefficient (Wildman–Crippen LogP) is 4.29. The molecule has 3 aliphatic heterocycles. The Bertz CT molecular complexity index is 1870. The van der Waals surface area contributed by atoms with Gasteiger partial charge in [0, 0.05) is 18.9 Å². The molecule has 55 heavy (non-hydrogen) atoms. The minimum atomic E-state index is -3.91. The summed E-state index contributed by atoms with van der Waals surface area (Å²) < 4.78 is 39.4. The van der Waals surface area contributed by atoms with Crippen LogP contribution in [-0.2, 0) is 47.0 Å². The first-order valence-electron chi connectivity index (χ1n) is 19.7. The van der Waals surface area contributed by atoms with Gasteiger partial charge in [-0.15, -0.1) is 6.58 Å². The molecule has 0 unspecified atom stereocenters. The van der Waals surface area contributed by atoms with E-state index in [1.54, 1.807) is 4.90 Å². The molecule has 1 aromatic rings. The Kier molecular flexibility index (Phi) is 10.8. The van der Waals surface area contributed by atoms with Gasteiger partial charge < -0.3 is 25.0 Å². The molecule has 1 saturated heterocycles. The average Bonchev–Trinajstić information content (AvgIpc) is 4.05. The Balaban J connectivity index is 1.18. The van der Waals surface area contributed by atoms with Crippen LogP contribution in [0, 0.1) is 17.3 Å². The van der Waals surface area contributed by atoms with Crippen molar-refractivity contribution in [3.8, 4) is 0 Å². The minimum Gasteiger partial charge on any atom is -0.449 e. The lowest BCUT2D eigenvalue weighted by Crippen LogP contribution is -2.59. The SMILES string of the molecule is C=C[C@@H]1C[C@]1(NC(=O)[C@@H]1C[C@@H]2CN1C(=O)[C@H](C1CCCCC1)NC(=O)OCC(C)(C)CCC=Cc1cccc3c1CN(C3)C(=O)O2)C(=O)NS(=O)(=O)C1CC1. The summed E-state index contributed by atoms with van der Waals surface area (Å²) in [5.41, 5.74) is 1.10. The molecule has 0 spiro atoms. The third kappa shape index (κ3) is 8.41. The largest absolute Gasteiger partial charge is 0.449 e. The van der Waals surface area contributed by atoms with Gasteiger partial charge in [0.2, 0.25) is 21.8 Å². The van der Waals surface area contributed by atoms with Crippen LogP contribution in [0.15, 0.2) is 36.9 Å². The fourth-order valence-corrected chi connectivity index (χ4v) is 9.92. The van der Waals surface area contributed by atoms with Crippen molar-refractivity contribution in [1.82, 2.24) is 25.2 Å². The van der Waals surface area contributed by atoms with Crippen molar-refractivity contribution in [2.45, 2.75) is 127 Å². The molecule has 3 N–H and O–H groups in total. The summed E-state index contributed by atoms with van der Waals surface area (Å²) in [6, 6.07) is 3.75. The van der Waals surface area contributed by atoms with Crippen LogP contribution in [-0.4, -0.2) is 90.3 Å². The number of hydrogen-bond donors (Lipinski definition) is 3. The number of fused-ring (bicyclic) bond motifs is 3. The summed E-state index contributed by atoms with van der Waals surface area (Å²) >= 11 is 0. The Morgan fingerprint density at radius 1 is 1.05 bits per heavy atom. The second-order valence-corrected chi connectivity index (χ2v) is 18.9. The molecule has 15 heteroatoms. The Hall–Kier alpha value is -4.40. The van der Waals surface area contributed by atoms with E-state index in [2.05, 4.69) is 34.1 Å². The van der Waals surface area contributed by atoms with Crippen LogP contribution in [0.4, 0.5) is 9.59 Å². The van der Waals surface area contributed by atoms with Gasteiger partial charge in [0.1, 0.15) is 23.7 Å². The summed E-state index contributed by atoms with van der Waals surface area (Å²) in [4.78, 5) is 72.7. The van der Waals surface area contributed by atoms with Crippen LogP contribution in [0.3, 0.4) is 0 Å². The summed E-state index contributed by atoms with van der Waals surface area (Å²) in [5, 5.41) is 4.99. The van der Waals surface area contributed by atoms with E-state index >= 15 is 0 Å². The van der Waals surface area contributed by atoms with Gasteiger partial charge in [-0.1, -0.05) is 69.5 Å². The lowest BCUT2D eigenvalue weighted by molar-refractivity contribution is -0.142. The number of carbonyl (C=O) groups is 5. The van der Waals surface area contributed by atoms with E-state index in [4.69, 9.17) is 9.47 Å². The molecule has 3 saturated carbocycles. The number of amides is 5. The fraction of sp³-hybridized carbons (Fsp3) is 0.625. The van der Waals surface area contributed by atoms with Gasteiger partial charge in [0.15, 0.2) is 0 Å². The van der Waals surface area contributed by atoms with Crippen molar-refractivity contribution < 1.29 is 41.9 Å². The third-order valence-corrected chi connectivity index (χ3v) is 14.0. The van der Waals surface area contributed by atoms with Crippen LogP contribution in [0.5, 0.6) is 0 Å². The van der Waals surface area contributed by atoms with Gasteiger partial charge in [-0.05, 0) is 73.0 Å². The molecule has 3 aliphatic carbocycles. The summed E-state index contributed by atoms with van der Waals surface area (Å²) in [6.07, 6.45) is 10.0. The number of cyclic esters (lactones) is 1. The molecule has 0 radical (unpaired) electrons. The number of alkyl carbamates (subject to hydrolysis) is 1. The highest BCUT2D eigenvalue weighted by molar-refractivity contribution is 7.91. The molecule has 4 bridgehead atoms. The molecule has 4 fully saturated rings.